The first-order chi connectivity index (χ1) is 7.94. The van der Waals surface area contributed by atoms with Crippen molar-refractivity contribution < 1.29 is 9.90 Å². The predicted octanol–water partition coefficient (Wildman–Crippen LogP) is 2.69. The third kappa shape index (κ3) is 1.90. The maximum atomic E-state index is 11.4. The van der Waals surface area contributed by atoms with Crippen LogP contribution in [0.3, 0.4) is 0 Å². The van der Waals surface area contributed by atoms with E-state index in [0.29, 0.717) is 0 Å². The van der Waals surface area contributed by atoms with Crippen molar-refractivity contribution in [3.63, 3.8) is 0 Å². The summed E-state index contributed by atoms with van der Waals surface area (Å²) in [4.78, 5) is 13.5. The van der Waals surface area contributed by atoms with Crippen LogP contribution in [0.1, 0.15) is 32.8 Å². The van der Waals surface area contributed by atoms with E-state index < -0.39 is 11.5 Å². The molecule has 1 atom stereocenters. The molecule has 2 rings (SSSR count). The first kappa shape index (κ1) is 12.0. The highest BCUT2D eigenvalue weighted by Crippen LogP contribution is 2.35. The molecule has 0 fully saturated rings. The summed E-state index contributed by atoms with van der Waals surface area (Å²) in [5.41, 5.74) is 1.45. The Balaban J connectivity index is 2.50. The van der Waals surface area contributed by atoms with E-state index in [0.717, 1.165) is 18.5 Å². The zero-order valence-corrected chi connectivity index (χ0v) is 10.6. The van der Waals surface area contributed by atoms with E-state index in [4.69, 9.17) is 0 Å². The molecule has 1 aliphatic heterocycles. The number of rotatable bonds is 2. The molecule has 0 radical (unpaired) electrons. The normalized spacial score (nSPS) is 19.9. The lowest BCUT2D eigenvalue weighted by molar-refractivity contribution is -0.142. The number of hydrogen-bond donors (Lipinski definition) is 1. The minimum absolute atomic E-state index is 0.260. The van der Waals surface area contributed by atoms with E-state index >= 15 is 0 Å². The molecule has 0 saturated carbocycles. The Morgan fingerprint density at radius 2 is 2.06 bits per heavy atom. The summed E-state index contributed by atoms with van der Waals surface area (Å²) in [6.45, 7) is 5.64. The number of aryl methyl sites for hydroxylation is 1. The quantitative estimate of drug-likeness (QED) is 0.853. The van der Waals surface area contributed by atoms with Gasteiger partial charge in [0.15, 0.2) is 0 Å². The molecule has 1 N–H and O–H groups in total. The van der Waals surface area contributed by atoms with Gasteiger partial charge in [-0.15, -0.1) is 0 Å². The molecular weight excluding hydrogens is 214 g/mol. The first-order valence-corrected chi connectivity index (χ1v) is 6.05. The Kier molecular flexibility index (Phi) is 2.86. The number of fused-ring (bicyclic) bond motifs is 1. The van der Waals surface area contributed by atoms with E-state index in [1.807, 2.05) is 23.1 Å². The van der Waals surface area contributed by atoms with Crippen LogP contribution >= 0.6 is 0 Å². The van der Waals surface area contributed by atoms with Crippen LogP contribution in [0.5, 0.6) is 0 Å². The lowest BCUT2D eigenvalue weighted by atomic mass is 9.90. The number of anilines is 1. The summed E-state index contributed by atoms with van der Waals surface area (Å²) in [5.74, 6) is -0.777. The van der Waals surface area contributed by atoms with Crippen LogP contribution < -0.4 is 4.90 Å². The third-order valence-electron chi connectivity index (χ3n) is 3.65. The van der Waals surface area contributed by atoms with Gasteiger partial charge in [-0.2, -0.15) is 0 Å². The zero-order chi connectivity index (χ0) is 12.6. The van der Waals surface area contributed by atoms with Crippen molar-refractivity contribution in [2.24, 2.45) is 0 Å². The standard InChI is InChI=1S/C14H19NO2/c1-10-8-9-11-6-4-5-7-12(11)15(10)14(2,3)13(16)17/h4-7,10H,8-9H2,1-3H3,(H,16,17). The van der Waals surface area contributed by atoms with Gasteiger partial charge in [0.2, 0.25) is 0 Å². The molecule has 3 heteroatoms. The molecule has 1 heterocycles. The van der Waals surface area contributed by atoms with Crippen LogP contribution in [0.25, 0.3) is 0 Å². The molecule has 1 aromatic rings. The van der Waals surface area contributed by atoms with Crippen LogP contribution in [0.2, 0.25) is 0 Å². The second-order valence-electron chi connectivity index (χ2n) is 5.25. The van der Waals surface area contributed by atoms with E-state index in [9.17, 15) is 9.90 Å². The summed E-state index contributed by atoms with van der Waals surface area (Å²) >= 11 is 0. The van der Waals surface area contributed by atoms with Crippen LogP contribution in [0, 0.1) is 0 Å². The van der Waals surface area contributed by atoms with E-state index in [-0.39, 0.29) is 6.04 Å². The summed E-state index contributed by atoms with van der Waals surface area (Å²) in [7, 11) is 0. The fourth-order valence-corrected chi connectivity index (χ4v) is 2.64. The maximum absolute atomic E-state index is 11.4. The van der Waals surface area contributed by atoms with Gasteiger partial charge in [-0.05, 0) is 45.2 Å². The molecule has 17 heavy (non-hydrogen) atoms. The van der Waals surface area contributed by atoms with Crippen molar-refractivity contribution in [3.05, 3.63) is 29.8 Å². The Morgan fingerprint density at radius 1 is 1.41 bits per heavy atom. The summed E-state index contributed by atoms with van der Waals surface area (Å²) in [6, 6.07) is 8.36. The molecule has 0 amide bonds. The molecule has 0 saturated heterocycles. The Morgan fingerprint density at radius 3 is 2.71 bits per heavy atom. The van der Waals surface area contributed by atoms with Crippen molar-refractivity contribution in [2.45, 2.75) is 45.2 Å². The highest BCUT2D eigenvalue weighted by molar-refractivity contribution is 5.83. The molecule has 0 aromatic heterocycles. The topological polar surface area (TPSA) is 40.5 Å². The second kappa shape index (κ2) is 4.06. The van der Waals surface area contributed by atoms with Crippen LogP contribution in [-0.2, 0) is 11.2 Å². The lowest BCUT2D eigenvalue weighted by Gasteiger charge is -2.45. The fraction of sp³-hybridized carbons (Fsp3) is 0.500. The third-order valence-corrected chi connectivity index (χ3v) is 3.65. The Hall–Kier alpha value is -1.51. The van der Waals surface area contributed by atoms with E-state index in [1.165, 1.54) is 5.56 Å². The molecule has 1 aromatic carbocycles. The SMILES string of the molecule is CC1CCc2ccccc2N1C(C)(C)C(=O)O. The second-order valence-corrected chi connectivity index (χ2v) is 5.25. The van der Waals surface area contributed by atoms with Gasteiger partial charge in [-0.3, -0.25) is 0 Å². The number of benzene rings is 1. The van der Waals surface area contributed by atoms with Gasteiger partial charge in [-0.1, -0.05) is 18.2 Å². The Bertz CT molecular complexity index is 440. The monoisotopic (exact) mass is 233 g/mol. The molecule has 0 spiro atoms. The number of para-hydroxylation sites is 1. The predicted molar refractivity (Wildman–Crippen MR) is 68.4 cm³/mol. The highest BCUT2D eigenvalue weighted by atomic mass is 16.4. The largest absolute Gasteiger partial charge is 0.480 e. The number of nitrogens with zero attached hydrogens (tertiary/aromatic N) is 1. The number of carboxylic acids is 1. The van der Waals surface area contributed by atoms with Crippen molar-refractivity contribution in [1.82, 2.24) is 0 Å². The fourth-order valence-electron chi connectivity index (χ4n) is 2.64. The van der Waals surface area contributed by atoms with Crippen LogP contribution in [0.15, 0.2) is 24.3 Å². The molecule has 0 aliphatic carbocycles. The number of carboxylic acid groups (broad SMARTS) is 1. The summed E-state index contributed by atoms with van der Waals surface area (Å²) < 4.78 is 0. The van der Waals surface area contributed by atoms with Crippen molar-refractivity contribution in [1.29, 1.82) is 0 Å². The van der Waals surface area contributed by atoms with Crippen LogP contribution in [0.4, 0.5) is 5.69 Å². The zero-order valence-electron chi connectivity index (χ0n) is 10.6. The number of carbonyl (C=O) groups is 1. The first-order valence-electron chi connectivity index (χ1n) is 6.05. The average Bonchev–Trinajstić information content (AvgIpc) is 2.28. The van der Waals surface area contributed by atoms with E-state index in [2.05, 4.69) is 13.0 Å². The van der Waals surface area contributed by atoms with Gasteiger partial charge in [0, 0.05) is 11.7 Å². The van der Waals surface area contributed by atoms with Gasteiger partial charge >= 0.3 is 5.97 Å². The molecule has 92 valence electrons. The lowest BCUT2D eigenvalue weighted by Crippen LogP contribution is -2.56. The maximum Gasteiger partial charge on any atom is 0.328 e. The van der Waals surface area contributed by atoms with Gasteiger partial charge in [-0.25, -0.2) is 4.79 Å². The summed E-state index contributed by atoms with van der Waals surface area (Å²) in [5, 5.41) is 9.40. The number of hydrogen-bond acceptors (Lipinski definition) is 2. The smallest absolute Gasteiger partial charge is 0.328 e. The van der Waals surface area contributed by atoms with Gasteiger partial charge in [0.1, 0.15) is 5.54 Å². The van der Waals surface area contributed by atoms with Crippen molar-refractivity contribution in [3.8, 4) is 0 Å². The highest BCUT2D eigenvalue weighted by Gasteiger charge is 2.39. The molecule has 1 unspecified atom stereocenters. The summed E-state index contributed by atoms with van der Waals surface area (Å²) in [6.07, 6.45) is 2.04. The molecule has 3 nitrogen and oxygen atoms in total. The minimum Gasteiger partial charge on any atom is -0.480 e. The van der Waals surface area contributed by atoms with Crippen molar-refractivity contribution >= 4 is 11.7 Å². The van der Waals surface area contributed by atoms with E-state index in [1.54, 1.807) is 13.8 Å². The minimum atomic E-state index is -0.865. The van der Waals surface area contributed by atoms with Gasteiger partial charge < -0.3 is 10.0 Å². The average molecular weight is 233 g/mol. The number of aliphatic carboxylic acids is 1. The molecular formula is C14H19NO2. The molecule has 0 bridgehead atoms. The molecule has 1 aliphatic rings. The van der Waals surface area contributed by atoms with Crippen molar-refractivity contribution in [2.75, 3.05) is 4.90 Å². The van der Waals surface area contributed by atoms with Crippen LogP contribution in [-0.4, -0.2) is 22.7 Å². The van der Waals surface area contributed by atoms with Gasteiger partial charge in [0.25, 0.3) is 0 Å². The van der Waals surface area contributed by atoms with Gasteiger partial charge in [0.05, 0.1) is 0 Å². The Labute approximate surface area is 102 Å².